The molecule has 4 N–H and O–H groups in total. The number of aliphatic hydroxyl groups is 2. The van der Waals surface area contributed by atoms with Crippen LogP contribution in [-0.4, -0.2) is 42.6 Å². The maximum Gasteiger partial charge on any atom is 0.335 e. The van der Waals surface area contributed by atoms with E-state index in [1.165, 1.54) is 18.5 Å². The molecule has 2 rings (SSSR count). The monoisotopic (exact) mass is 223 g/mol. The van der Waals surface area contributed by atoms with Crippen LogP contribution in [0.1, 0.15) is 11.7 Å². The molecule has 0 aliphatic heterocycles. The first kappa shape index (κ1) is 10.5. The van der Waals surface area contributed by atoms with Crippen LogP contribution in [0.2, 0.25) is 0 Å². The molecule has 7 heteroatoms. The lowest BCUT2D eigenvalue weighted by Gasteiger charge is -2.13. The first-order valence-corrected chi connectivity index (χ1v) is 4.47. The Kier molecular flexibility index (Phi) is 2.55. The highest BCUT2D eigenvalue weighted by Gasteiger charge is 2.25. The Morgan fingerprint density at radius 1 is 1.38 bits per heavy atom. The molecule has 0 aromatic carbocycles. The summed E-state index contributed by atoms with van der Waals surface area (Å²) in [6, 6.07) is 1.52. The summed E-state index contributed by atoms with van der Waals surface area (Å²) in [5, 5.41) is 34.2. The molecular formula is C9H9N3O4. The van der Waals surface area contributed by atoms with Gasteiger partial charge in [-0.1, -0.05) is 0 Å². The molecule has 0 bridgehead atoms. The first-order valence-electron chi connectivity index (χ1n) is 4.47. The second kappa shape index (κ2) is 3.87. The summed E-state index contributed by atoms with van der Waals surface area (Å²) in [6.07, 6.45) is -0.598. The number of fused-ring (bicyclic) bond motifs is 1. The number of pyridine rings is 1. The van der Waals surface area contributed by atoms with Gasteiger partial charge in [0.05, 0.1) is 6.20 Å². The Bertz CT molecular complexity index is 524. The number of rotatable bonds is 3. The van der Waals surface area contributed by atoms with E-state index in [2.05, 4.69) is 15.2 Å². The van der Waals surface area contributed by atoms with Crippen molar-refractivity contribution in [2.75, 3.05) is 0 Å². The van der Waals surface area contributed by atoms with Crippen LogP contribution in [0.3, 0.4) is 0 Å². The molecule has 0 amide bonds. The number of carboxylic acids is 1. The van der Waals surface area contributed by atoms with E-state index in [-0.39, 0.29) is 5.56 Å². The number of aromatic amines is 1. The van der Waals surface area contributed by atoms with Crippen molar-refractivity contribution in [3.63, 3.8) is 0 Å². The number of nitrogens with one attached hydrogen (secondary N) is 1. The number of hydrogen-bond donors (Lipinski definition) is 4. The van der Waals surface area contributed by atoms with E-state index in [9.17, 15) is 15.0 Å². The van der Waals surface area contributed by atoms with Gasteiger partial charge < -0.3 is 15.3 Å². The van der Waals surface area contributed by atoms with Crippen LogP contribution >= 0.6 is 0 Å². The summed E-state index contributed by atoms with van der Waals surface area (Å²) in [5.41, 5.74) is 0.754. The number of hydrogen-bond acceptors (Lipinski definition) is 5. The number of carbonyl (C=O) groups is 1. The second-order valence-electron chi connectivity index (χ2n) is 3.30. The Labute approximate surface area is 89.4 Å². The number of aliphatic hydroxyl groups excluding tert-OH is 2. The lowest BCUT2D eigenvalue weighted by atomic mass is 10.1. The third kappa shape index (κ3) is 1.73. The van der Waals surface area contributed by atoms with Crippen LogP contribution in [-0.2, 0) is 4.79 Å². The van der Waals surface area contributed by atoms with E-state index in [0.717, 1.165) is 0 Å². The van der Waals surface area contributed by atoms with Crippen LogP contribution in [0.5, 0.6) is 0 Å². The number of nitrogens with zero attached hydrogens (tertiary/aromatic N) is 2. The van der Waals surface area contributed by atoms with Gasteiger partial charge in [0.25, 0.3) is 0 Å². The summed E-state index contributed by atoms with van der Waals surface area (Å²) in [7, 11) is 0. The fourth-order valence-corrected chi connectivity index (χ4v) is 1.33. The molecule has 2 aromatic rings. The summed E-state index contributed by atoms with van der Waals surface area (Å²) in [4.78, 5) is 14.4. The van der Waals surface area contributed by atoms with Crippen molar-refractivity contribution < 1.29 is 20.1 Å². The molecule has 2 unspecified atom stereocenters. The molecule has 16 heavy (non-hydrogen) atoms. The predicted molar refractivity (Wildman–Crippen MR) is 52.5 cm³/mol. The molecular weight excluding hydrogens is 214 g/mol. The van der Waals surface area contributed by atoms with Gasteiger partial charge in [0.1, 0.15) is 6.10 Å². The minimum Gasteiger partial charge on any atom is -0.479 e. The molecule has 7 nitrogen and oxygen atoms in total. The third-order valence-electron chi connectivity index (χ3n) is 2.21. The summed E-state index contributed by atoms with van der Waals surface area (Å²) < 4.78 is 0. The summed E-state index contributed by atoms with van der Waals surface area (Å²) in [5.74, 6) is -1.49. The molecule has 0 saturated heterocycles. The average molecular weight is 223 g/mol. The largest absolute Gasteiger partial charge is 0.479 e. The molecule has 2 heterocycles. The molecule has 84 valence electrons. The third-order valence-corrected chi connectivity index (χ3v) is 2.21. The van der Waals surface area contributed by atoms with Crippen LogP contribution in [0.25, 0.3) is 11.0 Å². The van der Waals surface area contributed by atoms with Crippen molar-refractivity contribution in [2.45, 2.75) is 12.2 Å². The number of aromatic nitrogens is 3. The van der Waals surface area contributed by atoms with E-state index in [4.69, 9.17) is 5.11 Å². The average Bonchev–Trinajstić information content (AvgIpc) is 2.73. The maximum atomic E-state index is 10.5. The van der Waals surface area contributed by atoms with Crippen molar-refractivity contribution in [2.24, 2.45) is 0 Å². The minimum absolute atomic E-state index is 0.226. The quantitative estimate of drug-likeness (QED) is 0.553. The van der Waals surface area contributed by atoms with Crippen LogP contribution < -0.4 is 0 Å². The van der Waals surface area contributed by atoms with E-state index >= 15 is 0 Å². The summed E-state index contributed by atoms with van der Waals surface area (Å²) >= 11 is 0. The number of H-pyrrole nitrogens is 1. The molecule has 2 atom stereocenters. The molecule has 0 fully saturated rings. The molecule has 0 aliphatic rings. The molecule has 0 aliphatic carbocycles. The molecule has 0 radical (unpaired) electrons. The predicted octanol–water partition coefficient (Wildman–Crippen LogP) is -0.563. The van der Waals surface area contributed by atoms with Gasteiger partial charge in [-0.05, 0) is 6.07 Å². The van der Waals surface area contributed by atoms with Gasteiger partial charge in [-0.15, -0.1) is 0 Å². The van der Waals surface area contributed by atoms with Crippen molar-refractivity contribution in [1.82, 2.24) is 15.2 Å². The lowest BCUT2D eigenvalue weighted by Crippen LogP contribution is -2.27. The standard InChI is InChI=1S/C9H9N3O4/c13-6(7(14)9(15)16)4-1-5-3-11-12-8(5)10-2-4/h1-3,6-7,13-14H,(H,15,16)(H,10,11,12). The number of carboxylic acid groups (broad SMARTS) is 1. The van der Waals surface area contributed by atoms with Crippen molar-refractivity contribution in [1.29, 1.82) is 0 Å². The fourth-order valence-electron chi connectivity index (χ4n) is 1.33. The van der Waals surface area contributed by atoms with Gasteiger partial charge in [0, 0.05) is 17.1 Å². The molecule has 2 aromatic heterocycles. The van der Waals surface area contributed by atoms with E-state index in [1.54, 1.807) is 0 Å². The highest BCUT2D eigenvalue weighted by atomic mass is 16.4. The SMILES string of the molecule is O=C(O)C(O)C(O)c1cnc2[nH]ncc2c1. The second-order valence-corrected chi connectivity index (χ2v) is 3.30. The van der Waals surface area contributed by atoms with Crippen LogP contribution in [0.4, 0.5) is 0 Å². The summed E-state index contributed by atoms with van der Waals surface area (Å²) in [6.45, 7) is 0. The van der Waals surface area contributed by atoms with Crippen molar-refractivity contribution in [3.05, 3.63) is 24.0 Å². The topological polar surface area (TPSA) is 119 Å². The fraction of sp³-hybridized carbons (Fsp3) is 0.222. The van der Waals surface area contributed by atoms with E-state index < -0.39 is 18.2 Å². The Morgan fingerprint density at radius 3 is 2.81 bits per heavy atom. The zero-order valence-electron chi connectivity index (χ0n) is 8.03. The molecule has 0 saturated carbocycles. The molecule has 0 spiro atoms. The number of aliphatic carboxylic acids is 1. The Morgan fingerprint density at radius 2 is 2.12 bits per heavy atom. The maximum absolute atomic E-state index is 10.5. The van der Waals surface area contributed by atoms with Crippen LogP contribution in [0.15, 0.2) is 18.5 Å². The van der Waals surface area contributed by atoms with Crippen LogP contribution in [0, 0.1) is 0 Å². The first-order chi connectivity index (χ1) is 7.59. The van der Waals surface area contributed by atoms with Gasteiger partial charge in [-0.2, -0.15) is 5.10 Å². The Hall–Kier alpha value is -1.99. The normalized spacial score (nSPS) is 14.9. The highest BCUT2D eigenvalue weighted by molar-refractivity contribution is 5.76. The van der Waals surface area contributed by atoms with Crippen molar-refractivity contribution >= 4 is 17.0 Å². The van der Waals surface area contributed by atoms with Gasteiger partial charge in [0.15, 0.2) is 11.8 Å². The zero-order valence-corrected chi connectivity index (χ0v) is 8.03. The highest BCUT2D eigenvalue weighted by Crippen LogP contribution is 2.19. The van der Waals surface area contributed by atoms with Gasteiger partial charge >= 0.3 is 5.97 Å². The Balaban J connectivity index is 2.35. The van der Waals surface area contributed by atoms with Gasteiger partial charge in [0.2, 0.25) is 0 Å². The van der Waals surface area contributed by atoms with Gasteiger partial charge in [-0.3, -0.25) is 5.10 Å². The van der Waals surface area contributed by atoms with Gasteiger partial charge in [-0.25, -0.2) is 9.78 Å². The minimum atomic E-state index is -1.87. The zero-order chi connectivity index (χ0) is 11.7. The van der Waals surface area contributed by atoms with E-state index in [0.29, 0.717) is 11.0 Å². The van der Waals surface area contributed by atoms with Crippen molar-refractivity contribution in [3.8, 4) is 0 Å². The smallest absolute Gasteiger partial charge is 0.335 e. The lowest BCUT2D eigenvalue weighted by molar-refractivity contribution is -0.153. The van der Waals surface area contributed by atoms with E-state index in [1.807, 2.05) is 0 Å².